The van der Waals surface area contributed by atoms with E-state index in [4.69, 9.17) is 9.47 Å². The van der Waals surface area contributed by atoms with E-state index in [0.717, 1.165) is 12.8 Å². The monoisotopic (exact) mass is 410 g/mol. The van der Waals surface area contributed by atoms with Crippen molar-refractivity contribution in [2.45, 2.75) is 26.7 Å². The van der Waals surface area contributed by atoms with Gasteiger partial charge in [0.1, 0.15) is 0 Å². The van der Waals surface area contributed by atoms with Crippen molar-refractivity contribution < 1.29 is 19.1 Å². The van der Waals surface area contributed by atoms with Crippen LogP contribution in [0, 0.1) is 0 Å². The number of amides is 2. The van der Waals surface area contributed by atoms with Crippen LogP contribution in [0.5, 0.6) is 11.5 Å². The van der Waals surface area contributed by atoms with Crippen LogP contribution in [-0.2, 0) is 0 Å². The van der Waals surface area contributed by atoms with Crippen molar-refractivity contribution in [3.05, 3.63) is 59.7 Å². The smallest absolute Gasteiger partial charge is 0.254 e. The molecule has 30 heavy (non-hydrogen) atoms. The molecule has 0 aromatic heterocycles. The van der Waals surface area contributed by atoms with Gasteiger partial charge >= 0.3 is 0 Å². The summed E-state index contributed by atoms with van der Waals surface area (Å²) in [6.07, 6.45) is 2.03. The molecule has 0 radical (unpaired) electrons. The third-order valence-electron chi connectivity index (χ3n) is 5.12. The van der Waals surface area contributed by atoms with Crippen molar-refractivity contribution in [1.82, 2.24) is 9.80 Å². The summed E-state index contributed by atoms with van der Waals surface area (Å²) in [5.74, 6) is 1.22. The van der Waals surface area contributed by atoms with Gasteiger partial charge in [-0.1, -0.05) is 31.5 Å². The fourth-order valence-electron chi connectivity index (χ4n) is 3.41. The van der Waals surface area contributed by atoms with Gasteiger partial charge in [0, 0.05) is 37.3 Å². The van der Waals surface area contributed by atoms with Crippen molar-refractivity contribution in [3.8, 4) is 11.5 Å². The van der Waals surface area contributed by atoms with E-state index in [2.05, 4.69) is 6.92 Å². The van der Waals surface area contributed by atoms with Gasteiger partial charge in [-0.2, -0.15) is 0 Å². The Balaban J connectivity index is 1.62. The third-order valence-corrected chi connectivity index (χ3v) is 5.12. The van der Waals surface area contributed by atoms with Crippen LogP contribution in [0.3, 0.4) is 0 Å². The van der Waals surface area contributed by atoms with E-state index in [-0.39, 0.29) is 11.8 Å². The van der Waals surface area contributed by atoms with E-state index in [1.807, 2.05) is 43.3 Å². The van der Waals surface area contributed by atoms with Crippen molar-refractivity contribution in [1.29, 1.82) is 0 Å². The van der Waals surface area contributed by atoms with Gasteiger partial charge in [-0.05, 0) is 43.7 Å². The molecular weight excluding hydrogens is 380 g/mol. The van der Waals surface area contributed by atoms with E-state index < -0.39 is 0 Å². The standard InChI is InChI=1S/C24H30N2O4/c1-3-5-17-30-21-12-11-20(18-22(21)29-4-2)24(28)26-15-13-25(14-16-26)23(27)19-9-7-6-8-10-19/h6-12,18H,3-5,13-17H2,1-2H3. The second-order valence-electron chi connectivity index (χ2n) is 7.25. The molecule has 0 unspecified atom stereocenters. The third kappa shape index (κ3) is 5.32. The van der Waals surface area contributed by atoms with Gasteiger partial charge in [-0.25, -0.2) is 0 Å². The SMILES string of the molecule is CCCCOc1ccc(C(=O)N2CCN(C(=O)c3ccccc3)CC2)cc1OCC. The molecule has 0 saturated carbocycles. The Morgan fingerprint density at radius 3 is 2.03 bits per heavy atom. The number of hydrogen-bond donors (Lipinski definition) is 0. The van der Waals surface area contributed by atoms with Crippen molar-refractivity contribution in [3.63, 3.8) is 0 Å². The predicted molar refractivity (Wildman–Crippen MR) is 116 cm³/mol. The molecule has 3 rings (SSSR count). The summed E-state index contributed by atoms with van der Waals surface area (Å²) in [5, 5.41) is 0. The molecule has 1 heterocycles. The highest BCUT2D eigenvalue weighted by molar-refractivity contribution is 5.96. The van der Waals surface area contributed by atoms with E-state index in [1.165, 1.54) is 0 Å². The summed E-state index contributed by atoms with van der Waals surface area (Å²) in [6.45, 7) is 7.22. The first-order valence-electron chi connectivity index (χ1n) is 10.7. The number of nitrogens with zero attached hydrogens (tertiary/aromatic N) is 2. The first kappa shape index (κ1) is 21.7. The average Bonchev–Trinajstić information content (AvgIpc) is 2.80. The summed E-state index contributed by atoms with van der Waals surface area (Å²) in [6, 6.07) is 14.6. The zero-order chi connectivity index (χ0) is 21.3. The zero-order valence-electron chi connectivity index (χ0n) is 17.8. The Labute approximate surface area is 178 Å². The maximum Gasteiger partial charge on any atom is 0.254 e. The maximum atomic E-state index is 13.0. The number of benzene rings is 2. The molecule has 0 N–H and O–H groups in total. The number of rotatable bonds is 8. The molecule has 2 aromatic carbocycles. The highest BCUT2D eigenvalue weighted by Gasteiger charge is 2.26. The largest absolute Gasteiger partial charge is 0.490 e. The van der Waals surface area contributed by atoms with Gasteiger partial charge in [-0.15, -0.1) is 0 Å². The molecule has 2 aromatic rings. The number of unbranched alkanes of at least 4 members (excludes halogenated alkanes) is 1. The minimum absolute atomic E-state index is 0.00918. The lowest BCUT2D eigenvalue weighted by atomic mass is 10.1. The fraction of sp³-hybridized carbons (Fsp3) is 0.417. The Bertz CT molecular complexity index is 846. The Morgan fingerprint density at radius 2 is 1.43 bits per heavy atom. The molecule has 6 nitrogen and oxygen atoms in total. The highest BCUT2D eigenvalue weighted by Crippen LogP contribution is 2.29. The topological polar surface area (TPSA) is 59.1 Å². The summed E-state index contributed by atoms with van der Waals surface area (Å²) in [7, 11) is 0. The molecule has 1 aliphatic rings. The van der Waals surface area contributed by atoms with Crippen LogP contribution in [0.1, 0.15) is 47.4 Å². The van der Waals surface area contributed by atoms with Crippen LogP contribution in [0.25, 0.3) is 0 Å². The second kappa shape index (κ2) is 10.7. The summed E-state index contributed by atoms with van der Waals surface area (Å²) in [5.41, 5.74) is 1.25. The number of hydrogen-bond acceptors (Lipinski definition) is 4. The van der Waals surface area contributed by atoms with Gasteiger partial charge in [0.05, 0.1) is 13.2 Å². The lowest BCUT2D eigenvalue weighted by Gasteiger charge is -2.35. The molecule has 0 spiro atoms. The van der Waals surface area contributed by atoms with Crippen LogP contribution >= 0.6 is 0 Å². The minimum Gasteiger partial charge on any atom is -0.490 e. The minimum atomic E-state index is -0.0529. The van der Waals surface area contributed by atoms with Gasteiger partial charge < -0.3 is 19.3 Å². The first-order valence-corrected chi connectivity index (χ1v) is 10.7. The van der Waals surface area contributed by atoms with Gasteiger partial charge in [0.15, 0.2) is 11.5 Å². The lowest BCUT2D eigenvalue weighted by molar-refractivity contribution is 0.0535. The van der Waals surface area contributed by atoms with Gasteiger partial charge in [-0.3, -0.25) is 9.59 Å². The Kier molecular flexibility index (Phi) is 7.71. The summed E-state index contributed by atoms with van der Waals surface area (Å²) < 4.78 is 11.5. The van der Waals surface area contributed by atoms with Crippen LogP contribution in [0.15, 0.2) is 48.5 Å². The summed E-state index contributed by atoms with van der Waals surface area (Å²) >= 11 is 0. The zero-order valence-corrected chi connectivity index (χ0v) is 17.8. The Hall–Kier alpha value is -3.02. The van der Waals surface area contributed by atoms with Crippen LogP contribution in [0.4, 0.5) is 0 Å². The summed E-state index contributed by atoms with van der Waals surface area (Å²) in [4.78, 5) is 29.2. The molecule has 2 amide bonds. The van der Waals surface area contributed by atoms with E-state index in [1.54, 1.807) is 21.9 Å². The molecule has 6 heteroatoms. The molecule has 160 valence electrons. The van der Waals surface area contributed by atoms with Crippen molar-refractivity contribution in [2.75, 3.05) is 39.4 Å². The van der Waals surface area contributed by atoms with Crippen molar-refractivity contribution in [2.24, 2.45) is 0 Å². The number of ether oxygens (including phenoxy) is 2. The van der Waals surface area contributed by atoms with E-state index in [0.29, 0.717) is 62.0 Å². The molecule has 1 saturated heterocycles. The maximum absolute atomic E-state index is 13.0. The van der Waals surface area contributed by atoms with Crippen molar-refractivity contribution >= 4 is 11.8 Å². The quantitative estimate of drug-likeness (QED) is 0.620. The molecule has 0 aliphatic carbocycles. The van der Waals surface area contributed by atoms with Gasteiger partial charge in [0.25, 0.3) is 11.8 Å². The molecule has 0 bridgehead atoms. The van der Waals surface area contributed by atoms with Crippen LogP contribution in [0.2, 0.25) is 0 Å². The average molecular weight is 411 g/mol. The predicted octanol–water partition coefficient (Wildman–Crippen LogP) is 3.86. The molecule has 1 fully saturated rings. The normalized spacial score (nSPS) is 13.8. The Morgan fingerprint density at radius 1 is 0.800 bits per heavy atom. The highest BCUT2D eigenvalue weighted by atomic mass is 16.5. The van der Waals surface area contributed by atoms with E-state index in [9.17, 15) is 9.59 Å². The lowest BCUT2D eigenvalue weighted by Crippen LogP contribution is -2.50. The van der Waals surface area contributed by atoms with Crippen LogP contribution < -0.4 is 9.47 Å². The first-order chi connectivity index (χ1) is 14.6. The van der Waals surface area contributed by atoms with Gasteiger partial charge in [0.2, 0.25) is 0 Å². The molecule has 1 aliphatic heterocycles. The number of carbonyl (C=O) groups excluding carboxylic acids is 2. The molecular formula is C24H30N2O4. The molecule has 0 atom stereocenters. The second-order valence-corrected chi connectivity index (χ2v) is 7.25. The fourth-order valence-corrected chi connectivity index (χ4v) is 3.41. The van der Waals surface area contributed by atoms with E-state index >= 15 is 0 Å². The van der Waals surface area contributed by atoms with Crippen LogP contribution in [-0.4, -0.2) is 61.0 Å². The number of carbonyl (C=O) groups is 2. The number of piperazine rings is 1.